The van der Waals surface area contributed by atoms with Crippen LogP contribution in [0.15, 0.2) is 77.2 Å². The summed E-state index contributed by atoms with van der Waals surface area (Å²) in [7, 11) is 1.66. The van der Waals surface area contributed by atoms with Crippen LogP contribution in [0.4, 0.5) is 5.13 Å². The Morgan fingerprint density at radius 3 is 2.56 bits per heavy atom. The first-order valence-electron chi connectivity index (χ1n) is 8.62. The van der Waals surface area contributed by atoms with Gasteiger partial charge in [-0.15, -0.1) is 11.3 Å². The van der Waals surface area contributed by atoms with Crippen LogP contribution in [0, 0.1) is 0 Å². The molecule has 0 bridgehead atoms. The monoisotopic (exact) mass is 373 g/mol. The molecule has 3 aromatic carbocycles. The quantitative estimate of drug-likeness (QED) is 0.355. The number of nitrogens with one attached hydrogen (secondary N) is 1. The predicted octanol–water partition coefficient (Wildman–Crippen LogP) is 5.81. The molecule has 0 aliphatic carbocycles. The Kier molecular flexibility index (Phi) is 4.85. The highest BCUT2D eigenvalue weighted by atomic mass is 32.1. The highest BCUT2D eigenvalue weighted by molar-refractivity contribution is 7.14. The first-order valence-corrected chi connectivity index (χ1v) is 9.50. The van der Waals surface area contributed by atoms with E-state index in [4.69, 9.17) is 4.74 Å². The Labute approximate surface area is 162 Å². The lowest BCUT2D eigenvalue weighted by Gasteiger charge is -2.04. The molecule has 1 aromatic heterocycles. The molecule has 4 nitrogen and oxygen atoms in total. The fourth-order valence-corrected chi connectivity index (χ4v) is 3.49. The summed E-state index contributed by atoms with van der Waals surface area (Å²) in [4.78, 5) is 4.61. The van der Waals surface area contributed by atoms with Crippen LogP contribution in [0.25, 0.3) is 22.0 Å². The third-order valence-electron chi connectivity index (χ3n) is 4.38. The minimum Gasteiger partial charge on any atom is -0.497 e. The molecule has 134 valence electrons. The Balaban J connectivity index is 1.50. The Bertz CT molecular complexity index is 1100. The molecule has 1 heterocycles. The lowest BCUT2D eigenvalue weighted by molar-refractivity contribution is 0.415. The maximum Gasteiger partial charge on any atom is 0.203 e. The summed E-state index contributed by atoms with van der Waals surface area (Å²) in [5, 5.41) is 9.72. The van der Waals surface area contributed by atoms with E-state index in [-0.39, 0.29) is 0 Å². The van der Waals surface area contributed by atoms with Crippen molar-refractivity contribution < 1.29 is 4.74 Å². The van der Waals surface area contributed by atoms with E-state index in [2.05, 4.69) is 45.8 Å². The third-order valence-corrected chi connectivity index (χ3v) is 5.12. The number of aromatic nitrogens is 1. The molecule has 0 radical (unpaired) electrons. The minimum absolute atomic E-state index is 0.765. The van der Waals surface area contributed by atoms with Gasteiger partial charge in [0.05, 0.1) is 18.5 Å². The van der Waals surface area contributed by atoms with E-state index in [0.29, 0.717) is 0 Å². The number of anilines is 1. The third kappa shape index (κ3) is 3.83. The van der Waals surface area contributed by atoms with Gasteiger partial charge >= 0.3 is 0 Å². The fraction of sp³-hybridized carbons (Fsp3) is 0.0909. The number of benzene rings is 3. The average Bonchev–Trinajstić information content (AvgIpc) is 3.21. The Morgan fingerprint density at radius 2 is 1.78 bits per heavy atom. The molecule has 0 unspecified atom stereocenters. The lowest BCUT2D eigenvalue weighted by atomic mass is 10.0. The predicted molar refractivity (Wildman–Crippen MR) is 114 cm³/mol. The van der Waals surface area contributed by atoms with Crippen molar-refractivity contribution in [3.8, 4) is 17.0 Å². The van der Waals surface area contributed by atoms with Crippen LogP contribution in [-0.4, -0.2) is 17.8 Å². The second-order valence-corrected chi connectivity index (χ2v) is 7.00. The fourth-order valence-electron chi connectivity index (χ4n) is 2.83. The first kappa shape index (κ1) is 17.2. The molecule has 4 aromatic rings. The van der Waals surface area contributed by atoms with Gasteiger partial charge in [0.1, 0.15) is 5.75 Å². The van der Waals surface area contributed by atoms with Gasteiger partial charge in [-0.05, 0) is 53.6 Å². The number of hydrogen-bond donors (Lipinski definition) is 1. The van der Waals surface area contributed by atoms with Crippen LogP contribution in [0.1, 0.15) is 12.5 Å². The van der Waals surface area contributed by atoms with E-state index >= 15 is 0 Å². The highest BCUT2D eigenvalue weighted by Gasteiger charge is 2.05. The van der Waals surface area contributed by atoms with Crippen molar-refractivity contribution in [1.82, 2.24) is 4.98 Å². The van der Waals surface area contributed by atoms with E-state index in [1.54, 1.807) is 7.11 Å². The van der Waals surface area contributed by atoms with E-state index in [1.807, 2.05) is 48.7 Å². The molecule has 0 spiro atoms. The summed E-state index contributed by atoms with van der Waals surface area (Å²) in [6, 6.07) is 22.6. The topological polar surface area (TPSA) is 46.5 Å². The van der Waals surface area contributed by atoms with E-state index < -0.39 is 0 Å². The second-order valence-electron chi connectivity index (χ2n) is 6.14. The second kappa shape index (κ2) is 7.60. The van der Waals surface area contributed by atoms with Crippen molar-refractivity contribution in [3.63, 3.8) is 0 Å². The number of ether oxygens (including phenoxy) is 1. The van der Waals surface area contributed by atoms with Crippen LogP contribution >= 0.6 is 11.3 Å². The molecule has 27 heavy (non-hydrogen) atoms. The molecule has 5 heteroatoms. The zero-order chi connectivity index (χ0) is 18.6. The van der Waals surface area contributed by atoms with Crippen LogP contribution < -0.4 is 10.2 Å². The van der Waals surface area contributed by atoms with Crippen molar-refractivity contribution in [1.29, 1.82) is 0 Å². The first-order chi connectivity index (χ1) is 13.2. The molecule has 0 saturated heterocycles. The molecule has 0 atom stereocenters. The molecule has 1 N–H and O–H groups in total. The Morgan fingerprint density at radius 1 is 1.00 bits per heavy atom. The van der Waals surface area contributed by atoms with Crippen molar-refractivity contribution in [2.45, 2.75) is 6.92 Å². The number of hydrogen-bond acceptors (Lipinski definition) is 5. The van der Waals surface area contributed by atoms with E-state index in [0.717, 1.165) is 33.4 Å². The summed E-state index contributed by atoms with van der Waals surface area (Å²) < 4.78 is 5.20. The summed E-state index contributed by atoms with van der Waals surface area (Å²) in [6.07, 6.45) is 0. The van der Waals surface area contributed by atoms with E-state index in [1.165, 1.54) is 22.1 Å². The van der Waals surface area contributed by atoms with Gasteiger partial charge in [-0.25, -0.2) is 4.98 Å². The summed E-state index contributed by atoms with van der Waals surface area (Å²) in [5.41, 5.74) is 7.06. The highest BCUT2D eigenvalue weighted by Crippen LogP contribution is 2.26. The van der Waals surface area contributed by atoms with Gasteiger partial charge in [-0.2, -0.15) is 5.10 Å². The SMILES string of the molecule is COc1ccc(-c2csc(NN=C(C)c3ccc4ccccc4c3)n2)cc1. The van der Waals surface area contributed by atoms with Gasteiger partial charge in [-0.1, -0.05) is 36.4 Å². The molecule has 0 aliphatic rings. The van der Waals surface area contributed by atoms with Crippen molar-refractivity contribution in [2.75, 3.05) is 12.5 Å². The maximum absolute atomic E-state index is 5.20. The summed E-state index contributed by atoms with van der Waals surface area (Å²) in [5.74, 6) is 0.836. The summed E-state index contributed by atoms with van der Waals surface area (Å²) >= 11 is 1.53. The molecule has 0 aliphatic heterocycles. The number of rotatable bonds is 5. The number of fused-ring (bicyclic) bond motifs is 1. The smallest absolute Gasteiger partial charge is 0.203 e. The average molecular weight is 373 g/mol. The van der Waals surface area contributed by atoms with Crippen LogP contribution in [-0.2, 0) is 0 Å². The Hall–Kier alpha value is -3.18. The minimum atomic E-state index is 0.765. The summed E-state index contributed by atoms with van der Waals surface area (Å²) in [6.45, 7) is 2.00. The number of hydrazone groups is 1. The zero-order valence-corrected chi connectivity index (χ0v) is 16.0. The zero-order valence-electron chi connectivity index (χ0n) is 15.1. The molecular weight excluding hydrogens is 354 g/mol. The van der Waals surface area contributed by atoms with Gasteiger partial charge in [-0.3, -0.25) is 5.43 Å². The standard InChI is InChI=1S/C22H19N3OS/c1-15(18-8-7-16-5-3-4-6-19(16)13-18)24-25-22-23-21(14-27-22)17-9-11-20(26-2)12-10-17/h3-14H,1-2H3,(H,23,25). The number of methoxy groups -OCH3 is 1. The molecule has 4 rings (SSSR count). The van der Waals surface area contributed by atoms with Gasteiger partial charge in [0, 0.05) is 10.9 Å². The van der Waals surface area contributed by atoms with Gasteiger partial charge < -0.3 is 4.74 Å². The van der Waals surface area contributed by atoms with Crippen molar-refractivity contribution in [3.05, 3.63) is 77.7 Å². The van der Waals surface area contributed by atoms with Crippen LogP contribution in [0.5, 0.6) is 5.75 Å². The normalized spacial score (nSPS) is 11.6. The molecule has 0 saturated carbocycles. The van der Waals surface area contributed by atoms with Crippen LogP contribution in [0.2, 0.25) is 0 Å². The molecule has 0 amide bonds. The number of thiazole rings is 1. The van der Waals surface area contributed by atoms with E-state index in [9.17, 15) is 0 Å². The maximum atomic E-state index is 5.20. The van der Waals surface area contributed by atoms with Gasteiger partial charge in [0.2, 0.25) is 5.13 Å². The van der Waals surface area contributed by atoms with Crippen LogP contribution in [0.3, 0.4) is 0 Å². The largest absolute Gasteiger partial charge is 0.497 e. The number of nitrogens with zero attached hydrogens (tertiary/aromatic N) is 2. The molecular formula is C22H19N3OS. The van der Waals surface area contributed by atoms with Gasteiger partial charge in [0.15, 0.2) is 0 Å². The van der Waals surface area contributed by atoms with Gasteiger partial charge in [0.25, 0.3) is 0 Å². The molecule has 0 fully saturated rings. The van der Waals surface area contributed by atoms with Crippen molar-refractivity contribution in [2.24, 2.45) is 5.10 Å². The lowest BCUT2D eigenvalue weighted by Crippen LogP contribution is -1.99. The van der Waals surface area contributed by atoms with Crippen molar-refractivity contribution >= 4 is 33.0 Å².